The lowest BCUT2D eigenvalue weighted by molar-refractivity contribution is -0.139. The Morgan fingerprint density at radius 3 is 2.26 bits per heavy atom. The second kappa shape index (κ2) is 11.6. The topological polar surface area (TPSA) is 113 Å². The van der Waals surface area contributed by atoms with Crippen LogP contribution in [0.25, 0.3) is 0 Å². The lowest BCUT2D eigenvalue weighted by Crippen LogP contribution is -2.51. The van der Waals surface area contributed by atoms with Gasteiger partial charge in [-0.25, -0.2) is 8.42 Å². The summed E-state index contributed by atoms with van der Waals surface area (Å²) in [5, 5.41) is 2.70. The molecule has 2 amide bonds. The summed E-state index contributed by atoms with van der Waals surface area (Å²) in [5.74, 6) is -0.498. The molecule has 0 fully saturated rings. The number of ether oxygens (including phenoxy) is 1. The lowest BCUT2D eigenvalue weighted by atomic mass is 10.1. The third kappa shape index (κ3) is 7.05. The number of hydrogen-bond donors (Lipinski definition) is 1. The highest BCUT2D eigenvalue weighted by molar-refractivity contribution is 7.92. The van der Waals surface area contributed by atoms with Gasteiger partial charge in [-0.2, -0.15) is 0 Å². The molecule has 10 heteroatoms. The number of nitrogens with zero attached hydrogens (tertiary/aromatic N) is 2. The third-order valence-corrected chi connectivity index (χ3v) is 6.39. The smallest absolute Gasteiger partial charge is 0.244 e. The third-order valence-electron chi connectivity index (χ3n) is 5.25. The Hall–Kier alpha value is -3.40. The van der Waals surface area contributed by atoms with Crippen LogP contribution in [0.15, 0.2) is 48.5 Å². The number of benzene rings is 2. The number of likely N-dealkylation sites (N-methyl/N-ethyl adjacent to an activating group) is 1. The van der Waals surface area contributed by atoms with E-state index in [1.165, 1.54) is 24.0 Å². The average Bonchev–Trinajstić information content (AvgIpc) is 2.80. The van der Waals surface area contributed by atoms with Crippen molar-refractivity contribution in [3.05, 3.63) is 59.7 Å². The van der Waals surface area contributed by atoms with Crippen molar-refractivity contribution in [2.45, 2.75) is 33.4 Å². The summed E-state index contributed by atoms with van der Waals surface area (Å²) < 4.78 is 31.3. The second-order valence-electron chi connectivity index (χ2n) is 7.82. The number of sulfonamides is 1. The van der Waals surface area contributed by atoms with E-state index in [0.29, 0.717) is 17.9 Å². The molecule has 0 aliphatic heterocycles. The minimum absolute atomic E-state index is 0.0895. The van der Waals surface area contributed by atoms with Crippen LogP contribution >= 0.6 is 0 Å². The molecule has 0 aliphatic carbocycles. The van der Waals surface area contributed by atoms with Crippen LogP contribution in [0.4, 0.5) is 5.69 Å². The fourth-order valence-electron chi connectivity index (χ4n) is 3.33. The van der Waals surface area contributed by atoms with Gasteiger partial charge in [0.15, 0.2) is 5.78 Å². The summed E-state index contributed by atoms with van der Waals surface area (Å²) in [6, 6.07) is 12.2. The summed E-state index contributed by atoms with van der Waals surface area (Å²) >= 11 is 0. The Morgan fingerprint density at radius 1 is 1.09 bits per heavy atom. The molecule has 184 valence electrons. The van der Waals surface area contributed by atoms with Gasteiger partial charge in [-0.15, -0.1) is 0 Å². The number of rotatable bonds is 11. The van der Waals surface area contributed by atoms with Crippen molar-refractivity contribution < 1.29 is 27.5 Å². The van der Waals surface area contributed by atoms with Gasteiger partial charge in [0.05, 0.1) is 19.1 Å². The number of ketones is 1. The minimum atomic E-state index is -3.87. The van der Waals surface area contributed by atoms with Crippen LogP contribution in [0.5, 0.6) is 5.75 Å². The number of nitrogens with one attached hydrogen (secondary N) is 1. The predicted molar refractivity (Wildman–Crippen MR) is 130 cm³/mol. The highest BCUT2D eigenvalue weighted by Gasteiger charge is 2.30. The molecule has 9 nitrogen and oxygen atoms in total. The summed E-state index contributed by atoms with van der Waals surface area (Å²) in [7, 11) is -2.33. The summed E-state index contributed by atoms with van der Waals surface area (Å²) in [5.41, 5.74) is 1.26. The molecule has 34 heavy (non-hydrogen) atoms. The van der Waals surface area contributed by atoms with Crippen molar-refractivity contribution in [3.63, 3.8) is 0 Å². The lowest BCUT2D eigenvalue weighted by Gasteiger charge is -2.31. The Bertz CT molecular complexity index is 1130. The van der Waals surface area contributed by atoms with Gasteiger partial charge >= 0.3 is 0 Å². The highest BCUT2D eigenvalue weighted by Crippen LogP contribution is 2.21. The van der Waals surface area contributed by atoms with Gasteiger partial charge in [-0.05, 0) is 50.6 Å². The first kappa shape index (κ1) is 26.8. The number of amides is 2. The van der Waals surface area contributed by atoms with Crippen molar-refractivity contribution in [2.75, 3.05) is 30.8 Å². The Labute approximate surface area is 200 Å². The normalized spacial score (nSPS) is 11.9. The fourth-order valence-corrected chi connectivity index (χ4v) is 4.17. The number of carbonyl (C=O) groups is 3. The quantitative estimate of drug-likeness (QED) is 0.484. The highest BCUT2D eigenvalue weighted by atomic mass is 32.2. The molecule has 1 N–H and O–H groups in total. The van der Waals surface area contributed by atoms with Crippen LogP contribution in [0.3, 0.4) is 0 Å². The number of Topliss-reactive ketones (excluding diaryl/α,β-unsaturated/α-hetero) is 1. The maximum atomic E-state index is 13.4. The molecule has 2 rings (SSSR count). The van der Waals surface area contributed by atoms with Crippen molar-refractivity contribution in [1.29, 1.82) is 0 Å². The Morgan fingerprint density at radius 2 is 1.74 bits per heavy atom. The van der Waals surface area contributed by atoms with Crippen molar-refractivity contribution >= 4 is 33.3 Å². The fraction of sp³-hybridized carbons (Fsp3) is 0.375. The van der Waals surface area contributed by atoms with Crippen LogP contribution < -0.4 is 14.4 Å². The van der Waals surface area contributed by atoms with E-state index in [1.54, 1.807) is 57.4 Å². The summed E-state index contributed by atoms with van der Waals surface area (Å²) in [6.07, 6.45) is 0.988. The van der Waals surface area contributed by atoms with Crippen LogP contribution in [-0.2, 0) is 26.2 Å². The number of hydrogen-bond acceptors (Lipinski definition) is 6. The van der Waals surface area contributed by atoms with Crippen molar-refractivity contribution in [2.24, 2.45) is 0 Å². The molecule has 0 saturated carbocycles. The second-order valence-corrected chi connectivity index (χ2v) is 9.72. The molecular formula is C24H31N3O6S. The van der Waals surface area contributed by atoms with Gasteiger partial charge in [0.2, 0.25) is 21.8 Å². The molecule has 0 aliphatic rings. The first-order valence-electron chi connectivity index (χ1n) is 10.8. The zero-order valence-corrected chi connectivity index (χ0v) is 20.9. The minimum Gasteiger partial charge on any atom is -0.497 e. The molecule has 0 bridgehead atoms. The molecule has 0 radical (unpaired) electrons. The van der Waals surface area contributed by atoms with E-state index in [0.717, 1.165) is 16.1 Å². The molecule has 1 atom stereocenters. The maximum absolute atomic E-state index is 13.4. The van der Waals surface area contributed by atoms with Crippen LogP contribution in [0.2, 0.25) is 0 Å². The molecule has 0 saturated heterocycles. The molecule has 0 spiro atoms. The standard InChI is InChI=1S/C24H31N3O6S/c1-6-25-24(30)17(2)26(15-19-10-12-22(33-4)13-11-19)23(29)16-27(34(5,31)32)21-9-7-8-20(14-21)18(3)28/h7-14,17H,6,15-16H2,1-5H3,(H,25,30)/t17-/m1/s1. The number of anilines is 1. The van der Waals surface area contributed by atoms with E-state index >= 15 is 0 Å². The molecule has 0 unspecified atom stereocenters. The molecule has 0 heterocycles. The monoisotopic (exact) mass is 489 g/mol. The average molecular weight is 490 g/mol. The van der Waals surface area contributed by atoms with Gasteiger partial charge in [0.25, 0.3) is 0 Å². The van der Waals surface area contributed by atoms with Crippen molar-refractivity contribution in [1.82, 2.24) is 10.2 Å². The van der Waals surface area contributed by atoms with Gasteiger partial charge in [0.1, 0.15) is 18.3 Å². The van der Waals surface area contributed by atoms with Crippen molar-refractivity contribution in [3.8, 4) is 5.75 Å². The van der Waals surface area contributed by atoms with Gasteiger partial charge < -0.3 is 15.0 Å². The van der Waals surface area contributed by atoms with E-state index in [4.69, 9.17) is 4.74 Å². The largest absolute Gasteiger partial charge is 0.497 e. The van der Waals surface area contributed by atoms with E-state index in [2.05, 4.69) is 5.32 Å². The molecular weight excluding hydrogens is 458 g/mol. The Kier molecular flexibility index (Phi) is 9.19. The van der Waals surface area contributed by atoms with E-state index in [9.17, 15) is 22.8 Å². The summed E-state index contributed by atoms with van der Waals surface area (Å²) in [4.78, 5) is 39.1. The van der Waals surface area contributed by atoms with Gasteiger partial charge in [0, 0.05) is 18.7 Å². The molecule has 0 aromatic heterocycles. The zero-order chi connectivity index (χ0) is 25.5. The number of methoxy groups -OCH3 is 1. The maximum Gasteiger partial charge on any atom is 0.244 e. The zero-order valence-electron chi connectivity index (χ0n) is 20.1. The first-order valence-corrected chi connectivity index (χ1v) is 12.6. The van der Waals surface area contributed by atoms with Gasteiger partial charge in [-0.3, -0.25) is 18.7 Å². The van der Waals surface area contributed by atoms with Crippen LogP contribution in [0.1, 0.15) is 36.7 Å². The first-order chi connectivity index (χ1) is 16.0. The van der Waals surface area contributed by atoms with Gasteiger partial charge in [-0.1, -0.05) is 24.3 Å². The Balaban J connectivity index is 2.41. The van der Waals surface area contributed by atoms with E-state index in [1.807, 2.05) is 0 Å². The number of carbonyl (C=O) groups excluding carboxylic acids is 3. The molecule has 2 aromatic carbocycles. The van der Waals surface area contributed by atoms with E-state index < -0.39 is 28.5 Å². The SMILES string of the molecule is CCNC(=O)[C@@H](C)N(Cc1ccc(OC)cc1)C(=O)CN(c1cccc(C(C)=O)c1)S(C)(=O)=O. The van der Waals surface area contributed by atoms with Crippen LogP contribution in [-0.4, -0.2) is 63.4 Å². The predicted octanol–water partition coefficient (Wildman–Crippen LogP) is 2.22. The van der Waals surface area contributed by atoms with Crippen LogP contribution in [0, 0.1) is 0 Å². The molecule has 2 aromatic rings. The summed E-state index contributed by atoms with van der Waals surface area (Å²) in [6.45, 7) is 4.69. The van der Waals surface area contributed by atoms with E-state index in [-0.39, 0.29) is 23.9 Å².